The van der Waals surface area contributed by atoms with Crippen LogP contribution in [0, 0.1) is 11.8 Å². The molecule has 2 aromatic carbocycles. The minimum absolute atomic E-state index is 0.00905. The first-order valence-corrected chi connectivity index (χ1v) is 15.0. The summed E-state index contributed by atoms with van der Waals surface area (Å²) in [5.74, 6) is -0.142. The van der Waals surface area contributed by atoms with Gasteiger partial charge in [-0.15, -0.1) is 0 Å². The van der Waals surface area contributed by atoms with Gasteiger partial charge in [-0.25, -0.2) is 0 Å². The number of fused-ring (bicyclic) bond motifs is 1. The third-order valence-electron chi connectivity index (χ3n) is 9.06. The van der Waals surface area contributed by atoms with Crippen LogP contribution in [0.4, 0.5) is 0 Å². The number of nitrogens with zero attached hydrogens (tertiary/aromatic N) is 3. The fourth-order valence-corrected chi connectivity index (χ4v) is 6.81. The summed E-state index contributed by atoms with van der Waals surface area (Å²) in [6.45, 7) is 7.08. The third-order valence-corrected chi connectivity index (χ3v) is 9.06. The topological polar surface area (TPSA) is 108 Å². The molecule has 6 rings (SSSR count). The van der Waals surface area contributed by atoms with Crippen LogP contribution in [0.25, 0.3) is 22.0 Å². The molecule has 3 aromatic rings. The standard InChI is InChI=1S/C32H40N6O3/c1-20-13-21(2)36-32(41)27(20)16-34-31(40)26-14-24(15-29-28(26)17-35-38(29)25-5-3-4-6-25)23-9-7-22(8-10-23)18-37-12-11-33-30(39)19-37/h7-10,14-15,17,20-21,25,27H,3-6,11-13,16,18-19H2,1-2H3,(H,33,39)(H,34,40)(H,36,41). The molecule has 0 radical (unpaired) electrons. The number of carbonyl (C=O) groups excluding carboxylic acids is 3. The van der Waals surface area contributed by atoms with Crippen LogP contribution in [0.15, 0.2) is 42.6 Å². The van der Waals surface area contributed by atoms with E-state index in [2.05, 4.69) is 62.8 Å². The highest BCUT2D eigenvalue weighted by Crippen LogP contribution is 2.35. The molecule has 1 saturated carbocycles. The number of aromatic nitrogens is 2. The van der Waals surface area contributed by atoms with Crippen molar-refractivity contribution in [2.24, 2.45) is 11.8 Å². The second kappa shape index (κ2) is 11.6. The molecule has 3 amide bonds. The molecule has 9 nitrogen and oxygen atoms in total. The first kappa shape index (κ1) is 27.4. The summed E-state index contributed by atoms with van der Waals surface area (Å²) in [6, 6.07) is 13.0. The van der Waals surface area contributed by atoms with Gasteiger partial charge in [0.25, 0.3) is 5.91 Å². The van der Waals surface area contributed by atoms with E-state index in [0.29, 0.717) is 31.2 Å². The summed E-state index contributed by atoms with van der Waals surface area (Å²) in [5, 5.41) is 14.6. The number of piperidine rings is 1. The zero-order valence-electron chi connectivity index (χ0n) is 24.0. The van der Waals surface area contributed by atoms with Crippen LogP contribution >= 0.6 is 0 Å². The Morgan fingerprint density at radius 3 is 2.59 bits per heavy atom. The van der Waals surface area contributed by atoms with E-state index in [4.69, 9.17) is 5.10 Å². The number of piperazine rings is 1. The quantitative estimate of drug-likeness (QED) is 0.412. The summed E-state index contributed by atoms with van der Waals surface area (Å²) < 4.78 is 2.11. The summed E-state index contributed by atoms with van der Waals surface area (Å²) in [7, 11) is 0. The number of benzene rings is 2. The minimum Gasteiger partial charge on any atom is -0.354 e. The molecule has 3 aliphatic rings. The van der Waals surface area contributed by atoms with E-state index in [0.717, 1.165) is 59.9 Å². The van der Waals surface area contributed by atoms with Crippen molar-refractivity contribution in [3.05, 3.63) is 53.7 Å². The lowest BCUT2D eigenvalue weighted by Gasteiger charge is -2.32. The Hall–Kier alpha value is -3.72. The Labute approximate surface area is 241 Å². The highest BCUT2D eigenvalue weighted by molar-refractivity contribution is 6.08. The van der Waals surface area contributed by atoms with E-state index < -0.39 is 0 Å². The molecule has 9 heteroatoms. The van der Waals surface area contributed by atoms with Gasteiger partial charge in [0, 0.05) is 37.6 Å². The molecule has 3 fully saturated rings. The maximum Gasteiger partial charge on any atom is 0.252 e. The van der Waals surface area contributed by atoms with Crippen molar-refractivity contribution in [2.45, 2.75) is 64.6 Å². The SMILES string of the molecule is CC1CC(C)C(CNC(=O)c2cc(-c3ccc(CN4CCNC(=O)C4)cc3)cc3c2cnn3C2CCCC2)C(=O)N1. The number of rotatable bonds is 7. The first-order chi connectivity index (χ1) is 19.9. The highest BCUT2D eigenvalue weighted by Gasteiger charge is 2.32. The zero-order chi connectivity index (χ0) is 28.5. The van der Waals surface area contributed by atoms with Gasteiger partial charge in [0.05, 0.1) is 35.8 Å². The Balaban J connectivity index is 1.28. The van der Waals surface area contributed by atoms with Gasteiger partial charge in [0.1, 0.15) is 0 Å². The molecular formula is C32H40N6O3. The number of hydrogen-bond donors (Lipinski definition) is 3. The molecular weight excluding hydrogens is 516 g/mol. The van der Waals surface area contributed by atoms with Crippen LogP contribution in [-0.2, 0) is 16.1 Å². The monoisotopic (exact) mass is 556 g/mol. The number of nitrogens with one attached hydrogen (secondary N) is 3. The normalized spacial score (nSPS) is 23.9. The van der Waals surface area contributed by atoms with E-state index >= 15 is 0 Å². The maximum absolute atomic E-state index is 13.7. The van der Waals surface area contributed by atoms with Gasteiger partial charge in [0.2, 0.25) is 11.8 Å². The minimum atomic E-state index is -0.242. The van der Waals surface area contributed by atoms with Crippen LogP contribution < -0.4 is 16.0 Å². The molecule has 2 saturated heterocycles. The van der Waals surface area contributed by atoms with Crippen LogP contribution in [0.1, 0.15) is 67.9 Å². The second-order valence-corrected chi connectivity index (χ2v) is 12.2. The number of amides is 3. The van der Waals surface area contributed by atoms with Gasteiger partial charge in [0.15, 0.2) is 0 Å². The van der Waals surface area contributed by atoms with Gasteiger partial charge in [-0.2, -0.15) is 5.10 Å². The average molecular weight is 557 g/mol. The summed E-state index contributed by atoms with van der Waals surface area (Å²) in [6.07, 6.45) is 7.31. The van der Waals surface area contributed by atoms with Crippen molar-refractivity contribution >= 4 is 28.6 Å². The van der Waals surface area contributed by atoms with Crippen molar-refractivity contribution in [1.29, 1.82) is 0 Å². The number of hydrogen-bond acceptors (Lipinski definition) is 5. The molecule has 3 heterocycles. The Morgan fingerprint density at radius 2 is 1.85 bits per heavy atom. The largest absolute Gasteiger partial charge is 0.354 e. The molecule has 2 aliphatic heterocycles. The van der Waals surface area contributed by atoms with E-state index in [9.17, 15) is 14.4 Å². The molecule has 0 spiro atoms. The van der Waals surface area contributed by atoms with Crippen molar-refractivity contribution < 1.29 is 14.4 Å². The van der Waals surface area contributed by atoms with Crippen LogP contribution in [0.3, 0.4) is 0 Å². The molecule has 3 unspecified atom stereocenters. The zero-order valence-corrected chi connectivity index (χ0v) is 24.0. The molecule has 1 aliphatic carbocycles. The molecule has 3 atom stereocenters. The Bertz CT molecular complexity index is 1440. The van der Waals surface area contributed by atoms with E-state index in [1.54, 1.807) is 0 Å². The van der Waals surface area contributed by atoms with E-state index in [-0.39, 0.29) is 35.6 Å². The summed E-state index contributed by atoms with van der Waals surface area (Å²) in [5.41, 5.74) is 4.69. The van der Waals surface area contributed by atoms with Gasteiger partial charge >= 0.3 is 0 Å². The fraction of sp³-hybridized carbons (Fsp3) is 0.500. The third kappa shape index (κ3) is 5.86. The van der Waals surface area contributed by atoms with Crippen molar-refractivity contribution in [2.75, 3.05) is 26.2 Å². The van der Waals surface area contributed by atoms with Gasteiger partial charge in [-0.3, -0.25) is 24.0 Å². The van der Waals surface area contributed by atoms with Crippen LogP contribution in [0.2, 0.25) is 0 Å². The van der Waals surface area contributed by atoms with Crippen LogP contribution in [-0.4, -0.2) is 64.6 Å². The summed E-state index contributed by atoms with van der Waals surface area (Å²) >= 11 is 0. The Morgan fingerprint density at radius 1 is 1.07 bits per heavy atom. The maximum atomic E-state index is 13.7. The summed E-state index contributed by atoms with van der Waals surface area (Å²) in [4.78, 5) is 40.2. The predicted molar refractivity (Wildman–Crippen MR) is 158 cm³/mol. The van der Waals surface area contributed by atoms with Gasteiger partial charge in [-0.1, -0.05) is 44.0 Å². The number of carbonyl (C=O) groups is 3. The lowest BCUT2D eigenvalue weighted by atomic mass is 9.84. The van der Waals surface area contributed by atoms with Crippen molar-refractivity contribution in [1.82, 2.24) is 30.6 Å². The lowest BCUT2D eigenvalue weighted by Crippen LogP contribution is -2.50. The predicted octanol–water partition coefficient (Wildman–Crippen LogP) is 3.64. The van der Waals surface area contributed by atoms with Crippen LogP contribution in [0.5, 0.6) is 0 Å². The van der Waals surface area contributed by atoms with Crippen molar-refractivity contribution in [3.63, 3.8) is 0 Å². The molecule has 41 heavy (non-hydrogen) atoms. The molecule has 3 N–H and O–H groups in total. The average Bonchev–Trinajstić information content (AvgIpc) is 3.62. The van der Waals surface area contributed by atoms with Gasteiger partial charge < -0.3 is 16.0 Å². The van der Waals surface area contributed by atoms with Crippen molar-refractivity contribution in [3.8, 4) is 11.1 Å². The molecule has 1 aromatic heterocycles. The lowest BCUT2D eigenvalue weighted by molar-refractivity contribution is -0.129. The van der Waals surface area contributed by atoms with E-state index in [1.165, 1.54) is 12.8 Å². The van der Waals surface area contributed by atoms with Gasteiger partial charge in [-0.05, 0) is 60.9 Å². The Kier molecular flexibility index (Phi) is 7.79. The first-order valence-electron chi connectivity index (χ1n) is 15.0. The molecule has 0 bridgehead atoms. The smallest absolute Gasteiger partial charge is 0.252 e. The molecule has 216 valence electrons. The highest BCUT2D eigenvalue weighted by atomic mass is 16.2. The van der Waals surface area contributed by atoms with E-state index in [1.807, 2.05) is 19.2 Å². The fourth-order valence-electron chi connectivity index (χ4n) is 6.81. The second-order valence-electron chi connectivity index (χ2n) is 12.2.